The number of ether oxygens (including phenoxy) is 1. The second kappa shape index (κ2) is 7.75. The van der Waals surface area contributed by atoms with Crippen molar-refractivity contribution in [1.82, 2.24) is 15.3 Å². The molecule has 3 rings (SSSR count). The SMILES string of the molecule is CCc1nc(C)c2c(C)c(C(=O)NCc3ccccc3OC(F)(F)F)sc2n1. The highest BCUT2D eigenvalue weighted by atomic mass is 32.1. The molecule has 148 valence electrons. The van der Waals surface area contributed by atoms with E-state index in [9.17, 15) is 18.0 Å². The van der Waals surface area contributed by atoms with Crippen molar-refractivity contribution in [3.05, 3.63) is 51.8 Å². The van der Waals surface area contributed by atoms with E-state index >= 15 is 0 Å². The molecular weight excluding hydrogens is 391 g/mol. The molecule has 2 aromatic heterocycles. The molecule has 1 amide bonds. The Kier molecular flexibility index (Phi) is 5.55. The van der Waals surface area contributed by atoms with Gasteiger partial charge in [0.2, 0.25) is 0 Å². The van der Waals surface area contributed by atoms with Crippen molar-refractivity contribution in [3.8, 4) is 5.75 Å². The van der Waals surface area contributed by atoms with Gasteiger partial charge in [0.05, 0.1) is 4.88 Å². The van der Waals surface area contributed by atoms with Gasteiger partial charge in [-0.1, -0.05) is 25.1 Å². The lowest BCUT2D eigenvalue weighted by atomic mass is 10.1. The number of carbonyl (C=O) groups excluding carboxylic acids is 1. The predicted octanol–water partition coefficient (Wildman–Crippen LogP) is 4.70. The van der Waals surface area contributed by atoms with Gasteiger partial charge in [0.15, 0.2) is 0 Å². The minimum Gasteiger partial charge on any atom is -0.405 e. The lowest BCUT2D eigenvalue weighted by Gasteiger charge is -2.13. The summed E-state index contributed by atoms with van der Waals surface area (Å²) in [5.41, 5.74) is 1.80. The number of para-hydroxylation sites is 1. The van der Waals surface area contributed by atoms with Crippen LogP contribution in [-0.2, 0) is 13.0 Å². The quantitative estimate of drug-likeness (QED) is 0.664. The molecule has 28 heavy (non-hydrogen) atoms. The molecule has 0 saturated heterocycles. The number of alkyl halides is 3. The van der Waals surface area contributed by atoms with Gasteiger partial charge in [-0.05, 0) is 25.5 Å². The molecule has 0 aliphatic carbocycles. The Labute approximate surface area is 163 Å². The second-order valence-electron chi connectivity index (χ2n) is 6.15. The summed E-state index contributed by atoms with van der Waals surface area (Å²) in [4.78, 5) is 22.8. The van der Waals surface area contributed by atoms with E-state index in [-0.39, 0.29) is 23.8 Å². The van der Waals surface area contributed by atoms with Crippen molar-refractivity contribution in [2.75, 3.05) is 0 Å². The Hall–Kier alpha value is -2.68. The molecule has 1 aromatic carbocycles. The topological polar surface area (TPSA) is 64.1 Å². The maximum absolute atomic E-state index is 12.7. The largest absolute Gasteiger partial charge is 0.573 e. The fraction of sp³-hybridized carbons (Fsp3) is 0.316. The number of nitrogens with one attached hydrogen (secondary N) is 1. The van der Waals surface area contributed by atoms with Crippen molar-refractivity contribution >= 4 is 27.5 Å². The first-order valence-corrected chi connectivity index (χ1v) is 9.39. The number of nitrogens with zero attached hydrogens (tertiary/aromatic N) is 2. The molecule has 9 heteroatoms. The third-order valence-corrected chi connectivity index (χ3v) is 5.36. The predicted molar refractivity (Wildman–Crippen MR) is 101 cm³/mol. The summed E-state index contributed by atoms with van der Waals surface area (Å²) in [5, 5.41) is 3.51. The van der Waals surface area contributed by atoms with Crippen LogP contribution < -0.4 is 10.1 Å². The molecular formula is C19H18F3N3O2S. The van der Waals surface area contributed by atoms with Crippen LogP contribution in [0.3, 0.4) is 0 Å². The van der Waals surface area contributed by atoms with E-state index in [1.165, 1.54) is 29.5 Å². The van der Waals surface area contributed by atoms with Crippen LogP contribution in [0.4, 0.5) is 13.2 Å². The van der Waals surface area contributed by atoms with Gasteiger partial charge in [-0.15, -0.1) is 24.5 Å². The van der Waals surface area contributed by atoms with Crippen LogP contribution in [0.25, 0.3) is 10.2 Å². The Morgan fingerprint density at radius 3 is 2.61 bits per heavy atom. The number of rotatable bonds is 5. The number of amides is 1. The standard InChI is InChI=1S/C19H18F3N3O2S/c1-4-14-24-11(3)15-10(2)16(28-18(15)25-14)17(26)23-9-12-7-5-6-8-13(12)27-19(20,21)22/h5-8H,4,9H2,1-3H3,(H,23,26). The molecule has 2 heterocycles. The third-order valence-electron chi connectivity index (χ3n) is 4.18. The number of aromatic nitrogens is 2. The molecule has 0 radical (unpaired) electrons. The normalized spacial score (nSPS) is 11.6. The summed E-state index contributed by atoms with van der Waals surface area (Å²) >= 11 is 1.25. The van der Waals surface area contributed by atoms with E-state index in [1.807, 2.05) is 20.8 Å². The van der Waals surface area contributed by atoms with Gasteiger partial charge < -0.3 is 10.1 Å². The van der Waals surface area contributed by atoms with E-state index in [2.05, 4.69) is 20.0 Å². The number of hydrogen-bond acceptors (Lipinski definition) is 5. The van der Waals surface area contributed by atoms with Crippen LogP contribution in [0.5, 0.6) is 5.75 Å². The highest BCUT2D eigenvalue weighted by Gasteiger charge is 2.32. The van der Waals surface area contributed by atoms with Gasteiger partial charge in [-0.25, -0.2) is 9.97 Å². The zero-order valence-corrected chi connectivity index (χ0v) is 16.3. The number of hydrogen-bond donors (Lipinski definition) is 1. The number of carbonyl (C=O) groups is 1. The van der Waals surface area contributed by atoms with Gasteiger partial charge in [-0.3, -0.25) is 4.79 Å². The Morgan fingerprint density at radius 2 is 1.93 bits per heavy atom. The summed E-state index contributed by atoms with van der Waals surface area (Å²) in [6, 6.07) is 5.71. The van der Waals surface area contributed by atoms with E-state index in [4.69, 9.17) is 0 Å². The zero-order chi connectivity index (χ0) is 20.5. The van der Waals surface area contributed by atoms with E-state index in [1.54, 1.807) is 6.07 Å². The molecule has 0 aliphatic heterocycles. The summed E-state index contributed by atoms with van der Waals surface area (Å²) in [6.07, 6.45) is -4.11. The first kappa shape index (κ1) is 20.1. The van der Waals surface area contributed by atoms with Crippen LogP contribution in [0.2, 0.25) is 0 Å². The third kappa shape index (κ3) is 4.24. The van der Waals surface area contributed by atoms with Gasteiger partial charge >= 0.3 is 6.36 Å². The number of aryl methyl sites for hydroxylation is 3. The second-order valence-corrected chi connectivity index (χ2v) is 7.15. The summed E-state index contributed by atoms with van der Waals surface area (Å²) in [7, 11) is 0. The monoisotopic (exact) mass is 409 g/mol. The minimum absolute atomic E-state index is 0.0936. The first-order valence-electron chi connectivity index (χ1n) is 8.58. The zero-order valence-electron chi connectivity index (χ0n) is 15.5. The number of halogens is 3. The Morgan fingerprint density at radius 1 is 1.21 bits per heavy atom. The van der Waals surface area contributed by atoms with Gasteiger partial charge in [0, 0.05) is 29.6 Å². The minimum atomic E-state index is -4.80. The van der Waals surface area contributed by atoms with Crippen molar-refractivity contribution < 1.29 is 22.7 Å². The highest BCUT2D eigenvalue weighted by Crippen LogP contribution is 2.31. The van der Waals surface area contributed by atoms with Crippen LogP contribution in [0, 0.1) is 13.8 Å². The average Bonchev–Trinajstić information content (AvgIpc) is 2.96. The molecule has 0 bridgehead atoms. The van der Waals surface area contributed by atoms with Crippen LogP contribution >= 0.6 is 11.3 Å². The smallest absolute Gasteiger partial charge is 0.405 e. The maximum Gasteiger partial charge on any atom is 0.573 e. The number of fused-ring (bicyclic) bond motifs is 1. The summed E-state index contributed by atoms with van der Waals surface area (Å²) in [6.45, 7) is 5.55. The lowest BCUT2D eigenvalue weighted by Crippen LogP contribution is -2.24. The number of thiophene rings is 1. The van der Waals surface area contributed by atoms with Crippen molar-refractivity contribution in [2.45, 2.75) is 40.1 Å². The maximum atomic E-state index is 12.7. The molecule has 0 saturated carbocycles. The molecule has 0 fully saturated rings. The van der Waals surface area contributed by atoms with Gasteiger partial charge in [0.25, 0.3) is 5.91 Å². The molecule has 0 unspecified atom stereocenters. The van der Waals surface area contributed by atoms with E-state index in [0.717, 1.165) is 21.5 Å². The molecule has 3 aromatic rings. The van der Waals surface area contributed by atoms with E-state index in [0.29, 0.717) is 17.1 Å². The molecule has 0 atom stereocenters. The highest BCUT2D eigenvalue weighted by molar-refractivity contribution is 7.20. The fourth-order valence-electron chi connectivity index (χ4n) is 2.90. The Bertz CT molecular complexity index is 1030. The summed E-state index contributed by atoms with van der Waals surface area (Å²) in [5.74, 6) is -0.00569. The van der Waals surface area contributed by atoms with Crippen LogP contribution in [0.1, 0.15) is 39.2 Å². The van der Waals surface area contributed by atoms with Crippen molar-refractivity contribution in [1.29, 1.82) is 0 Å². The fourth-order valence-corrected chi connectivity index (χ4v) is 4.07. The van der Waals surface area contributed by atoms with Gasteiger partial charge in [-0.2, -0.15) is 0 Å². The molecule has 1 N–H and O–H groups in total. The molecule has 0 aliphatic rings. The lowest BCUT2D eigenvalue weighted by molar-refractivity contribution is -0.274. The van der Waals surface area contributed by atoms with E-state index < -0.39 is 6.36 Å². The molecule has 5 nitrogen and oxygen atoms in total. The Balaban J connectivity index is 1.83. The van der Waals surface area contributed by atoms with Crippen LogP contribution in [0.15, 0.2) is 24.3 Å². The molecule has 0 spiro atoms. The first-order chi connectivity index (χ1) is 13.2. The summed E-state index contributed by atoms with van der Waals surface area (Å²) < 4.78 is 41.6. The van der Waals surface area contributed by atoms with Crippen molar-refractivity contribution in [3.63, 3.8) is 0 Å². The number of benzene rings is 1. The van der Waals surface area contributed by atoms with Crippen LogP contribution in [-0.4, -0.2) is 22.2 Å². The van der Waals surface area contributed by atoms with Crippen molar-refractivity contribution in [2.24, 2.45) is 0 Å². The average molecular weight is 409 g/mol. The van der Waals surface area contributed by atoms with Gasteiger partial charge in [0.1, 0.15) is 16.4 Å².